The number of carbonyl (C=O) groups is 2. The first kappa shape index (κ1) is 13.8. The molecule has 0 N–H and O–H groups in total. The number of methoxy groups -OCH3 is 1. The molecule has 0 aliphatic heterocycles. The van der Waals surface area contributed by atoms with Gasteiger partial charge >= 0.3 is 5.97 Å². The molecule has 0 spiro atoms. The van der Waals surface area contributed by atoms with Crippen LogP contribution in [0, 0.1) is 6.92 Å². The smallest absolute Gasteiger partial charge is 0.343 e. The summed E-state index contributed by atoms with van der Waals surface area (Å²) in [6.45, 7) is 1.94. The van der Waals surface area contributed by atoms with Gasteiger partial charge in [0.05, 0.1) is 12.7 Å². The van der Waals surface area contributed by atoms with Gasteiger partial charge in [-0.1, -0.05) is 17.7 Å². The van der Waals surface area contributed by atoms with Gasteiger partial charge in [0.2, 0.25) is 0 Å². The summed E-state index contributed by atoms with van der Waals surface area (Å²) >= 11 is 0. The number of rotatable bonds is 4. The zero-order valence-corrected chi connectivity index (χ0v) is 11.3. The van der Waals surface area contributed by atoms with Crippen LogP contribution in [0.25, 0.3) is 0 Å². The van der Waals surface area contributed by atoms with Crippen LogP contribution < -0.4 is 9.47 Å². The van der Waals surface area contributed by atoms with Crippen LogP contribution in [-0.4, -0.2) is 19.4 Å². The number of hydrogen-bond donors (Lipinski definition) is 0. The second-order valence-electron chi connectivity index (χ2n) is 4.28. The molecule has 0 atom stereocenters. The molecule has 0 unspecified atom stereocenters. The van der Waals surface area contributed by atoms with E-state index in [1.54, 1.807) is 18.2 Å². The van der Waals surface area contributed by atoms with Crippen molar-refractivity contribution < 1.29 is 19.1 Å². The number of benzene rings is 2. The lowest BCUT2D eigenvalue weighted by molar-refractivity contribution is 0.0729. The molecule has 0 aromatic heterocycles. The highest BCUT2D eigenvalue weighted by Gasteiger charge is 2.12. The molecule has 2 aromatic rings. The topological polar surface area (TPSA) is 52.6 Å². The molecule has 102 valence electrons. The van der Waals surface area contributed by atoms with Crippen molar-refractivity contribution in [2.75, 3.05) is 7.11 Å². The van der Waals surface area contributed by atoms with Crippen molar-refractivity contribution in [2.45, 2.75) is 6.92 Å². The van der Waals surface area contributed by atoms with E-state index in [1.807, 2.05) is 19.1 Å². The minimum absolute atomic E-state index is 0.281. The molecule has 0 heterocycles. The van der Waals surface area contributed by atoms with E-state index in [-0.39, 0.29) is 5.75 Å². The van der Waals surface area contributed by atoms with Gasteiger partial charge in [0, 0.05) is 5.56 Å². The average Bonchev–Trinajstić information content (AvgIpc) is 2.48. The predicted octanol–water partition coefficient (Wildman–Crippen LogP) is 3.04. The van der Waals surface area contributed by atoms with Crippen LogP contribution in [0.5, 0.6) is 11.5 Å². The maximum Gasteiger partial charge on any atom is 0.343 e. The van der Waals surface area contributed by atoms with Crippen LogP contribution >= 0.6 is 0 Å². The minimum atomic E-state index is -0.470. The van der Waals surface area contributed by atoms with Crippen molar-refractivity contribution in [3.8, 4) is 11.5 Å². The zero-order chi connectivity index (χ0) is 14.5. The Morgan fingerprint density at radius 1 is 1.05 bits per heavy atom. The lowest BCUT2D eigenvalue weighted by Gasteiger charge is -2.09. The molecule has 0 saturated heterocycles. The molecule has 20 heavy (non-hydrogen) atoms. The summed E-state index contributed by atoms with van der Waals surface area (Å²) in [5.74, 6) is 0.154. The summed E-state index contributed by atoms with van der Waals surface area (Å²) in [5.41, 5.74) is 1.98. The first-order chi connectivity index (χ1) is 9.63. The quantitative estimate of drug-likeness (QED) is 0.487. The van der Waals surface area contributed by atoms with E-state index in [1.165, 1.54) is 19.2 Å². The van der Waals surface area contributed by atoms with E-state index in [9.17, 15) is 9.59 Å². The number of carbonyl (C=O) groups excluding carboxylic acids is 2. The van der Waals surface area contributed by atoms with Gasteiger partial charge in [0.1, 0.15) is 6.29 Å². The summed E-state index contributed by atoms with van der Waals surface area (Å²) in [6.07, 6.45) is 0.702. The maximum absolute atomic E-state index is 12.0. The Balaban J connectivity index is 2.23. The van der Waals surface area contributed by atoms with Crippen molar-refractivity contribution in [1.82, 2.24) is 0 Å². The molecule has 0 aliphatic rings. The minimum Gasteiger partial charge on any atom is -0.493 e. The molecule has 4 nitrogen and oxygen atoms in total. The number of aryl methyl sites for hydroxylation is 1. The largest absolute Gasteiger partial charge is 0.493 e. The van der Waals surface area contributed by atoms with Gasteiger partial charge in [-0.25, -0.2) is 4.79 Å². The summed E-state index contributed by atoms with van der Waals surface area (Å²) < 4.78 is 10.4. The summed E-state index contributed by atoms with van der Waals surface area (Å²) in [7, 11) is 1.45. The molecule has 0 bridgehead atoms. The Labute approximate surface area is 116 Å². The van der Waals surface area contributed by atoms with Crippen molar-refractivity contribution in [2.24, 2.45) is 0 Å². The van der Waals surface area contributed by atoms with Crippen molar-refractivity contribution in [1.29, 1.82) is 0 Å². The van der Waals surface area contributed by atoms with Crippen LogP contribution in [0.1, 0.15) is 26.3 Å². The monoisotopic (exact) mass is 270 g/mol. The van der Waals surface area contributed by atoms with Crippen LogP contribution in [0.2, 0.25) is 0 Å². The molecule has 2 rings (SSSR count). The van der Waals surface area contributed by atoms with Gasteiger partial charge in [-0.2, -0.15) is 0 Å². The van der Waals surface area contributed by atoms with Gasteiger partial charge < -0.3 is 9.47 Å². The SMILES string of the molecule is COc1cc(C=O)ccc1OC(=O)c1ccc(C)cc1. The predicted molar refractivity (Wildman–Crippen MR) is 74.5 cm³/mol. The molecule has 0 fully saturated rings. The number of aldehydes is 1. The third kappa shape index (κ3) is 3.03. The van der Waals surface area contributed by atoms with Gasteiger partial charge in [0.25, 0.3) is 0 Å². The Bertz CT molecular complexity index is 629. The van der Waals surface area contributed by atoms with Gasteiger partial charge in [-0.15, -0.1) is 0 Å². The lowest BCUT2D eigenvalue weighted by atomic mass is 10.1. The number of ether oxygens (including phenoxy) is 2. The summed E-state index contributed by atoms with van der Waals surface area (Å²) in [5, 5.41) is 0. The van der Waals surface area contributed by atoms with E-state index < -0.39 is 5.97 Å². The third-order valence-corrected chi connectivity index (χ3v) is 2.81. The van der Waals surface area contributed by atoms with Crippen molar-refractivity contribution >= 4 is 12.3 Å². The summed E-state index contributed by atoms with van der Waals surface area (Å²) in [4.78, 5) is 22.7. The van der Waals surface area contributed by atoms with Crippen LogP contribution in [0.4, 0.5) is 0 Å². The number of esters is 1. The van der Waals surface area contributed by atoms with Gasteiger partial charge in [0.15, 0.2) is 11.5 Å². The Morgan fingerprint density at radius 3 is 2.35 bits per heavy atom. The van der Waals surface area contributed by atoms with Crippen molar-refractivity contribution in [3.05, 3.63) is 59.2 Å². The highest BCUT2D eigenvalue weighted by molar-refractivity contribution is 5.91. The molecule has 4 heteroatoms. The fourth-order valence-corrected chi connectivity index (χ4v) is 1.69. The highest BCUT2D eigenvalue weighted by Crippen LogP contribution is 2.28. The second kappa shape index (κ2) is 6.02. The van der Waals surface area contributed by atoms with E-state index >= 15 is 0 Å². The highest BCUT2D eigenvalue weighted by atomic mass is 16.6. The van der Waals surface area contributed by atoms with Crippen molar-refractivity contribution in [3.63, 3.8) is 0 Å². The molecular weight excluding hydrogens is 256 g/mol. The maximum atomic E-state index is 12.0. The molecule has 0 amide bonds. The van der Waals surface area contributed by atoms with E-state index in [2.05, 4.69) is 0 Å². The first-order valence-electron chi connectivity index (χ1n) is 6.06. The van der Waals surface area contributed by atoms with Gasteiger partial charge in [-0.3, -0.25) is 4.79 Å². The van der Waals surface area contributed by atoms with Crippen LogP contribution in [-0.2, 0) is 0 Å². The van der Waals surface area contributed by atoms with E-state index in [0.717, 1.165) is 5.56 Å². The van der Waals surface area contributed by atoms with E-state index in [4.69, 9.17) is 9.47 Å². The average molecular weight is 270 g/mol. The zero-order valence-electron chi connectivity index (χ0n) is 11.3. The number of hydrogen-bond acceptors (Lipinski definition) is 4. The Kier molecular flexibility index (Phi) is 4.15. The molecule has 2 aromatic carbocycles. The second-order valence-corrected chi connectivity index (χ2v) is 4.28. The van der Waals surface area contributed by atoms with Crippen LogP contribution in [0.3, 0.4) is 0 Å². The molecule has 0 radical (unpaired) electrons. The molecule has 0 aliphatic carbocycles. The van der Waals surface area contributed by atoms with Gasteiger partial charge in [-0.05, 0) is 37.3 Å². The molecule has 0 saturated carbocycles. The first-order valence-corrected chi connectivity index (χ1v) is 6.06. The standard InChI is InChI=1S/C16H14O4/c1-11-3-6-13(7-4-11)16(18)20-14-8-5-12(10-17)9-15(14)19-2/h3-10H,1-2H3. The molecular formula is C16H14O4. The third-order valence-electron chi connectivity index (χ3n) is 2.81. The Hall–Kier alpha value is -2.62. The fraction of sp³-hybridized carbons (Fsp3) is 0.125. The van der Waals surface area contributed by atoms with E-state index in [0.29, 0.717) is 23.2 Å². The summed E-state index contributed by atoms with van der Waals surface area (Å²) in [6, 6.07) is 11.7. The lowest BCUT2D eigenvalue weighted by Crippen LogP contribution is -2.09. The normalized spacial score (nSPS) is 9.90. The fourth-order valence-electron chi connectivity index (χ4n) is 1.69. The van der Waals surface area contributed by atoms with Crippen LogP contribution in [0.15, 0.2) is 42.5 Å². The Morgan fingerprint density at radius 2 is 1.75 bits per heavy atom.